The van der Waals surface area contributed by atoms with Gasteiger partial charge in [-0.3, -0.25) is 4.79 Å². The van der Waals surface area contributed by atoms with E-state index in [9.17, 15) is 13.2 Å². The van der Waals surface area contributed by atoms with Crippen LogP contribution >= 0.6 is 11.3 Å². The molecule has 1 heterocycles. The molecular weight excluding hydrogens is 320 g/mol. The molecule has 0 unspecified atom stereocenters. The molecule has 1 amide bonds. The Morgan fingerprint density at radius 3 is 2.68 bits per heavy atom. The molecule has 0 radical (unpaired) electrons. The number of thiophene rings is 1. The first-order chi connectivity index (χ1) is 10.4. The topological polar surface area (TPSA) is 75.3 Å². The number of benzene rings is 1. The fourth-order valence-electron chi connectivity index (χ4n) is 1.98. The van der Waals surface area contributed by atoms with Crippen molar-refractivity contribution in [2.24, 2.45) is 0 Å². The highest BCUT2D eigenvalue weighted by Crippen LogP contribution is 2.15. The van der Waals surface area contributed by atoms with E-state index < -0.39 is 10.0 Å². The molecule has 118 valence electrons. The van der Waals surface area contributed by atoms with Gasteiger partial charge in [-0.1, -0.05) is 12.1 Å². The second-order valence-electron chi connectivity index (χ2n) is 4.77. The molecule has 0 fully saturated rings. The van der Waals surface area contributed by atoms with Crippen molar-refractivity contribution in [3.8, 4) is 0 Å². The van der Waals surface area contributed by atoms with E-state index in [0.29, 0.717) is 12.1 Å². The molecule has 1 aromatic heterocycles. The Morgan fingerprint density at radius 2 is 2.05 bits per heavy atom. The number of hydrogen-bond donors (Lipinski definition) is 2. The van der Waals surface area contributed by atoms with E-state index in [-0.39, 0.29) is 10.8 Å². The Bertz CT molecular complexity index is 753. The van der Waals surface area contributed by atoms with Crippen LogP contribution in [0.5, 0.6) is 0 Å². The van der Waals surface area contributed by atoms with E-state index in [0.717, 1.165) is 12.0 Å². The maximum absolute atomic E-state index is 12.2. The normalized spacial score (nSPS) is 11.4. The molecule has 1 aromatic carbocycles. The van der Waals surface area contributed by atoms with Crippen molar-refractivity contribution >= 4 is 27.3 Å². The van der Waals surface area contributed by atoms with E-state index in [1.165, 1.54) is 24.1 Å². The molecule has 5 nitrogen and oxygen atoms in total. The molecule has 0 atom stereocenters. The standard InChI is InChI=1S/C15H18N2O3S2/c1-11-5-6-13(22(19,20)16-2)10-14(11)15(18)17-8-7-12-4-3-9-21-12/h3-6,9-10,16H,7-8H2,1-2H3,(H,17,18). The molecule has 0 bridgehead atoms. The highest BCUT2D eigenvalue weighted by atomic mass is 32.2. The summed E-state index contributed by atoms with van der Waals surface area (Å²) in [5.74, 6) is -0.262. The molecule has 0 aliphatic rings. The lowest BCUT2D eigenvalue weighted by atomic mass is 10.1. The summed E-state index contributed by atoms with van der Waals surface area (Å²) in [4.78, 5) is 13.5. The lowest BCUT2D eigenvalue weighted by Gasteiger charge is -2.10. The van der Waals surface area contributed by atoms with Crippen molar-refractivity contribution in [2.45, 2.75) is 18.2 Å². The lowest BCUT2D eigenvalue weighted by Crippen LogP contribution is -2.27. The molecule has 2 aromatic rings. The Morgan fingerprint density at radius 1 is 1.27 bits per heavy atom. The number of rotatable bonds is 6. The Labute approximate surface area is 134 Å². The van der Waals surface area contributed by atoms with Gasteiger partial charge >= 0.3 is 0 Å². The second kappa shape index (κ2) is 7.04. The summed E-state index contributed by atoms with van der Waals surface area (Å²) in [5.41, 5.74) is 1.12. The molecule has 0 aliphatic heterocycles. The van der Waals surface area contributed by atoms with Crippen LogP contribution in [0.2, 0.25) is 0 Å². The van der Waals surface area contributed by atoms with Gasteiger partial charge in [-0.2, -0.15) is 0 Å². The predicted octanol–water partition coefficient (Wildman–Crippen LogP) is 1.94. The number of aryl methyl sites for hydroxylation is 1. The number of amides is 1. The summed E-state index contributed by atoms with van der Waals surface area (Å²) in [6, 6.07) is 8.52. The number of hydrogen-bond acceptors (Lipinski definition) is 4. The monoisotopic (exact) mass is 338 g/mol. The van der Waals surface area contributed by atoms with Crippen LogP contribution in [0.1, 0.15) is 20.8 Å². The highest BCUT2D eigenvalue weighted by molar-refractivity contribution is 7.89. The van der Waals surface area contributed by atoms with Crippen molar-refractivity contribution in [1.82, 2.24) is 10.0 Å². The van der Waals surface area contributed by atoms with E-state index in [1.54, 1.807) is 24.3 Å². The maximum atomic E-state index is 12.2. The van der Waals surface area contributed by atoms with E-state index in [1.807, 2.05) is 17.5 Å². The van der Waals surface area contributed by atoms with Crippen molar-refractivity contribution in [3.63, 3.8) is 0 Å². The van der Waals surface area contributed by atoms with E-state index in [4.69, 9.17) is 0 Å². The Kier molecular flexibility index (Phi) is 5.33. The largest absolute Gasteiger partial charge is 0.352 e. The molecule has 0 saturated heterocycles. The van der Waals surface area contributed by atoms with Gasteiger partial charge in [0.2, 0.25) is 10.0 Å². The van der Waals surface area contributed by atoms with E-state index >= 15 is 0 Å². The average molecular weight is 338 g/mol. The molecule has 0 spiro atoms. The van der Waals surface area contributed by atoms with Crippen LogP contribution < -0.4 is 10.0 Å². The minimum Gasteiger partial charge on any atom is -0.352 e. The number of nitrogens with one attached hydrogen (secondary N) is 2. The fraction of sp³-hybridized carbons (Fsp3) is 0.267. The smallest absolute Gasteiger partial charge is 0.251 e. The first-order valence-electron chi connectivity index (χ1n) is 6.79. The van der Waals surface area contributed by atoms with Crippen LogP contribution in [0.15, 0.2) is 40.6 Å². The minimum absolute atomic E-state index is 0.0870. The Hall–Kier alpha value is -1.70. The molecule has 22 heavy (non-hydrogen) atoms. The lowest BCUT2D eigenvalue weighted by molar-refractivity contribution is 0.0953. The van der Waals surface area contributed by atoms with Crippen molar-refractivity contribution in [3.05, 3.63) is 51.7 Å². The van der Waals surface area contributed by atoms with Crippen LogP contribution in [0.25, 0.3) is 0 Å². The zero-order chi connectivity index (χ0) is 16.2. The predicted molar refractivity (Wildman–Crippen MR) is 87.8 cm³/mol. The molecule has 0 aliphatic carbocycles. The second-order valence-corrected chi connectivity index (χ2v) is 7.69. The van der Waals surface area contributed by atoms with Gasteiger partial charge in [0.15, 0.2) is 0 Å². The van der Waals surface area contributed by atoms with Crippen LogP contribution in [0.4, 0.5) is 0 Å². The van der Waals surface area contributed by atoms with Gasteiger partial charge < -0.3 is 5.32 Å². The first-order valence-corrected chi connectivity index (χ1v) is 9.15. The molecule has 2 rings (SSSR count). The number of carbonyl (C=O) groups excluding carboxylic acids is 1. The van der Waals surface area contributed by atoms with Crippen molar-refractivity contribution in [2.75, 3.05) is 13.6 Å². The summed E-state index contributed by atoms with van der Waals surface area (Å²) in [7, 11) is -2.21. The van der Waals surface area contributed by atoms with Gasteiger partial charge in [-0.05, 0) is 49.5 Å². The van der Waals surface area contributed by atoms with Crippen LogP contribution in [0, 0.1) is 6.92 Å². The highest BCUT2D eigenvalue weighted by Gasteiger charge is 2.16. The third kappa shape index (κ3) is 3.94. The molecule has 7 heteroatoms. The quantitative estimate of drug-likeness (QED) is 0.845. The summed E-state index contributed by atoms with van der Waals surface area (Å²) in [6.07, 6.45) is 0.761. The van der Waals surface area contributed by atoms with Gasteiger partial charge in [0, 0.05) is 17.0 Å². The fourth-order valence-corrected chi connectivity index (χ4v) is 3.44. The van der Waals surface area contributed by atoms with Crippen LogP contribution in [0.3, 0.4) is 0 Å². The van der Waals surface area contributed by atoms with Crippen LogP contribution in [-0.2, 0) is 16.4 Å². The zero-order valence-electron chi connectivity index (χ0n) is 12.4. The minimum atomic E-state index is -3.56. The summed E-state index contributed by atoms with van der Waals surface area (Å²) in [6.45, 7) is 2.30. The third-order valence-corrected chi connectivity index (χ3v) is 5.62. The van der Waals surface area contributed by atoms with Crippen LogP contribution in [-0.4, -0.2) is 27.9 Å². The van der Waals surface area contributed by atoms with Gasteiger partial charge in [-0.15, -0.1) is 11.3 Å². The number of sulfonamides is 1. The van der Waals surface area contributed by atoms with Gasteiger partial charge in [0.25, 0.3) is 5.91 Å². The van der Waals surface area contributed by atoms with E-state index in [2.05, 4.69) is 10.0 Å². The van der Waals surface area contributed by atoms with Crippen molar-refractivity contribution < 1.29 is 13.2 Å². The first kappa shape index (κ1) is 16.7. The summed E-state index contributed by atoms with van der Waals surface area (Å²) >= 11 is 1.64. The number of carbonyl (C=O) groups is 1. The van der Waals surface area contributed by atoms with Gasteiger partial charge in [0.05, 0.1) is 4.90 Å². The third-order valence-electron chi connectivity index (χ3n) is 3.27. The molecule has 0 saturated carbocycles. The summed E-state index contributed by atoms with van der Waals surface area (Å²) in [5, 5.41) is 4.82. The summed E-state index contributed by atoms with van der Waals surface area (Å²) < 4.78 is 25.9. The zero-order valence-corrected chi connectivity index (χ0v) is 14.1. The molecule has 2 N–H and O–H groups in total. The Balaban J connectivity index is 2.10. The maximum Gasteiger partial charge on any atom is 0.251 e. The van der Waals surface area contributed by atoms with Gasteiger partial charge in [0.1, 0.15) is 0 Å². The van der Waals surface area contributed by atoms with Gasteiger partial charge in [-0.25, -0.2) is 13.1 Å². The SMILES string of the molecule is CNS(=O)(=O)c1ccc(C)c(C(=O)NCCc2cccs2)c1. The molecular formula is C15H18N2O3S2. The average Bonchev–Trinajstić information content (AvgIpc) is 3.00. The van der Waals surface area contributed by atoms with Crippen molar-refractivity contribution in [1.29, 1.82) is 0 Å².